The Kier molecular flexibility index (Phi) is 3.44. The second kappa shape index (κ2) is 4.79. The summed E-state index contributed by atoms with van der Waals surface area (Å²) in [6, 6.07) is 1.37. The molecule has 0 aromatic carbocycles. The molecule has 2 saturated carbocycles. The number of nitrogens with zero attached hydrogens (tertiary/aromatic N) is 1. The number of hydrogen-bond donors (Lipinski definition) is 1. The Morgan fingerprint density at radius 2 is 1.72 bits per heavy atom. The Bertz CT molecular complexity index is 289. The normalized spacial score (nSPS) is 41.8. The van der Waals surface area contributed by atoms with Gasteiger partial charge in [-0.25, -0.2) is 0 Å². The van der Waals surface area contributed by atoms with E-state index in [2.05, 4.69) is 18.7 Å². The molecule has 3 unspecified atom stereocenters. The van der Waals surface area contributed by atoms with Crippen molar-refractivity contribution in [3.05, 3.63) is 0 Å². The van der Waals surface area contributed by atoms with Crippen molar-refractivity contribution in [2.24, 2.45) is 23.0 Å². The summed E-state index contributed by atoms with van der Waals surface area (Å²) >= 11 is 0. The first-order valence-corrected chi connectivity index (χ1v) is 8.05. The van der Waals surface area contributed by atoms with E-state index in [0.29, 0.717) is 11.5 Å². The van der Waals surface area contributed by atoms with Crippen molar-refractivity contribution in [2.75, 3.05) is 13.1 Å². The van der Waals surface area contributed by atoms with Crippen LogP contribution in [0.2, 0.25) is 0 Å². The van der Waals surface area contributed by atoms with Gasteiger partial charge in [-0.15, -0.1) is 0 Å². The van der Waals surface area contributed by atoms with Crippen LogP contribution in [-0.2, 0) is 0 Å². The van der Waals surface area contributed by atoms with Gasteiger partial charge in [-0.05, 0) is 55.8 Å². The Hall–Kier alpha value is -0.0800. The van der Waals surface area contributed by atoms with Crippen LogP contribution in [0.5, 0.6) is 0 Å². The molecule has 18 heavy (non-hydrogen) atoms. The standard InChI is InChI=1S/C16H30N2/c1-16(2)8-6-13(7-9-16)18-10-12-4-3-5-15(17)14(12)11-18/h12-15H,3-11,17H2,1-2H3. The first-order valence-electron chi connectivity index (χ1n) is 8.05. The number of rotatable bonds is 1. The molecule has 1 saturated heterocycles. The van der Waals surface area contributed by atoms with Crippen molar-refractivity contribution >= 4 is 0 Å². The van der Waals surface area contributed by atoms with Crippen LogP contribution >= 0.6 is 0 Å². The van der Waals surface area contributed by atoms with E-state index in [1.54, 1.807) is 0 Å². The van der Waals surface area contributed by atoms with Gasteiger partial charge in [-0.2, -0.15) is 0 Å². The van der Waals surface area contributed by atoms with Crippen LogP contribution in [0.3, 0.4) is 0 Å². The van der Waals surface area contributed by atoms with E-state index in [4.69, 9.17) is 5.73 Å². The fraction of sp³-hybridized carbons (Fsp3) is 1.00. The molecule has 3 aliphatic rings. The molecular weight excluding hydrogens is 220 g/mol. The molecule has 104 valence electrons. The lowest BCUT2D eigenvalue weighted by atomic mass is 9.75. The van der Waals surface area contributed by atoms with Gasteiger partial charge in [0, 0.05) is 25.2 Å². The second-order valence-electron chi connectivity index (χ2n) is 7.87. The summed E-state index contributed by atoms with van der Waals surface area (Å²) in [6.07, 6.45) is 9.74. The highest BCUT2D eigenvalue weighted by Gasteiger charge is 2.41. The molecule has 1 aliphatic heterocycles. The Balaban J connectivity index is 1.59. The molecule has 3 fully saturated rings. The average molecular weight is 250 g/mol. The summed E-state index contributed by atoms with van der Waals surface area (Å²) in [4.78, 5) is 2.80. The maximum Gasteiger partial charge on any atom is 0.00959 e. The molecular formula is C16H30N2. The maximum atomic E-state index is 6.33. The van der Waals surface area contributed by atoms with Gasteiger partial charge < -0.3 is 5.73 Å². The first kappa shape index (κ1) is 12.9. The molecule has 0 amide bonds. The van der Waals surface area contributed by atoms with Crippen LogP contribution in [0.25, 0.3) is 0 Å². The molecule has 1 heterocycles. The maximum absolute atomic E-state index is 6.33. The highest BCUT2D eigenvalue weighted by atomic mass is 15.2. The molecule has 0 radical (unpaired) electrons. The third-order valence-corrected chi connectivity index (χ3v) is 6.01. The van der Waals surface area contributed by atoms with Gasteiger partial charge in [0.2, 0.25) is 0 Å². The Morgan fingerprint density at radius 1 is 1.00 bits per heavy atom. The van der Waals surface area contributed by atoms with Crippen molar-refractivity contribution in [1.29, 1.82) is 0 Å². The summed E-state index contributed by atoms with van der Waals surface area (Å²) in [7, 11) is 0. The van der Waals surface area contributed by atoms with Crippen LogP contribution in [0.15, 0.2) is 0 Å². The second-order valence-corrected chi connectivity index (χ2v) is 7.87. The minimum Gasteiger partial charge on any atom is -0.327 e. The van der Waals surface area contributed by atoms with E-state index in [-0.39, 0.29) is 0 Å². The van der Waals surface area contributed by atoms with Crippen LogP contribution in [-0.4, -0.2) is 30.1 Å². The largest absolute Gasteiger partial charge is 0.327 e. The van der Waals surface area contributed by atoms with Crippen LogP contribution < -0.4 is 5.73 Å². The van der Waals surface area contributed by atoms with Gasteiger partial charge in [0.05, 0.1) is 0 Å². The summed E-state index contributed by atoms with van der Waals surface area (Å²) < 4.78 is 0. The van der Waals surface area contributed by atoms with Gasteiger partial charge in [-0.1, -0.05) is 20.3 Å². The van der Waals surface area contributed by atoms with E-state index in [9.17, 15) is 0 Å². The van der Waals surface area contributed by atoms with Crippen molar-refractivity contribution in [1.82, 2.24) is 4.90 Å². The Labute approximate surface area is 112 Å². The van der Waals surface area contributed by atoms with Crippen LogP contribution in [0.4, 0.5) is 0 Å². The van der Waals surface area contributed by atoms with Crippen molar-refractivity contribution in [3.8, 4) is 0 Å². The van der Waals surface area contributed by atoms with Crippen LogP contribution in [0.1, 0.15) is 58.8 Å². The third kappa shape index (κ3) is 2.46. The monoisotopic (exact) mass is 250 g/mol. The van der Waals surface area contributed by atoms with E-state index in [1.807, 2.05) is 0 Å². The number of nitrogens with two attached hydrogens (primary N) is 1. The fourth-order valence-corrected chi connectivity index (χ4v) is 4.60. The SMILES string of the molecule is CC1(C)CCC(N2CC3CCCC(N)C3C2)CC1. The summed E-state index contributed by atoms with van der Waals surface area (Å²) in [5.74, 6) is 1.73. The number of likely N-dealkylation sites (tertiary alicyclic amines) is 1. The average Bonchev–Trinajstić information content (AvgIpc) is 2.74. The van der Waals surface area contributed by atoms with Gasteiger partial charge >= 0.3 is 0 Å². The topological polar surface area (TPSA) is 29.3 Å². The molecule has 0 spiro atoms. The number of fused-ring (bicyclic) bond motifs is 1. The van der Waals surface area contributed by atoms with Gasteiger partial charge in [-0.3, -0.25) is 4.90 Å². The molecule has 2 heteroatoms. The first-order chi connectivity index (χ1) is 8.55. The zero-order chi connectivity index (χ0) is 12.8. The van der Waals surface area contributed by atoms with E-state index in [0.717, 1.165) is 17.9 Å². The molecule has 2 aliphatic carbocycles. The summed E-state index contributed by atoms with van der Waals surface area (Å²) in [5.41, 5.74) is 6.92. The third-order valence-electron chi connectivity index (χ3n) is 6.01. The zero-order valence-electron chi connectivity index (χ0n) is 12.2. The minimum atomic E-state index is 0.494. The quantitative estimate of drug-likeness (QED) is 0.775. The minimum absolute atomic E-state index is 0.494. The molecule has 2 nitrogen and oxygen atoms in total. The zero-order valence-corrected chi connectivity index (χ0v) is 12.2. The highest BCUT2D eigenvalue weighted by molar-refractivity contribution is 4.96. The fourth-order valence-electron chi connectivity index (χ4n) is 4.60. The molecule has 2 N–H and O–H groups in total. The van der Waals surface area contributed by atoms with E-state index in [1.165, 1.54) is 58.0 Å². The molecule has 3 atom stereocenters. The van der Waals surface area contributed by atoms with Crippen molar-refractivity contribution < 1.29 is 0 Å². The summed E-state index contributed by atoms with van der Waals surface area (Å²) in [6.45, 7) is 7.52. The lowest BCUT2D eigenvalue weighted by Gasteiger charge is -2.38. The molecule has 0 bridgehead atoms. The van der Waals surface area contributed by atoms with Crippen molar-refractivity contribution in [2.45, 2.75) is 70.9 Å². The lowest BCUT2D eigenvalue weighted by molar-refractivity contribution is 0.121. The molecule has 0 aromatic rings. The van der Waals surface area contributed by atoms with Gasteiger partial charge in [0.15, 0.2) is 0 Å². The Morgan fingerprint density at radius 3 is 2.39 bits per heavy atom. The lowest BCUT2D eigenvalue weighted by Crippen LogP contribution is -2.40. The molecule has 0 aromatic heterocycles. The van der Waals surface area contributed by atoms with Crippen LogP contribution in [0, 0.1) is 17.3 Å². The predicted molar refractivity (Wildman–Crippen MR) is 76.4 cm³/mol. The summed E-state index contributed by atoms with van der Waals surface area (Å²) in [5, 5.41) is 0. The van der Waals surface area contributed by atoms with Gasteiger partial charge in [0.1, 0.15) is 0 Å². The van der Waals surface area contributed by atoms with E-state index >= 15 is 0 Å². The smallest absolute Gasteiger partial charge is 0.00959 e. The van der Waals surface area contributed by atoms with E-state index < -0.39 is 0 Å². The molecule has 3 rings (SSSR count). The number of hydrogen-bond acceptors (Lipinski definition) is 2. The van der Waals surface area contributed by atoms with Gasteiger partial charge in [0.25, 0.3) is 0 Å². The highest BCUT2D eigenvalue weighted by Crippen LogP contribution is 2.41. The predicted octanol–water partition coefficient (Wildman–Crippen LogP) is 3.01. The van der Waals surface area contributed by atoms with Crippen molar-refractivity contribution in [3.63, 3.8) is 0 Å².